The SMILES string of the molecule is CC(C)CC(NS(=O)(=O)c1ccccc1)C(=O)NC1Cc2ncsc2CCCNC(=O)C1=O. The van der Waals surface area contributed by atoms with Crippen LogP contribution in [0.2, 0.25) is 0 Å². The molecule has 1 aromatic heterocycles. The van der Waals surface area contributed by atoms with E-state index >= 15 is 0 Å². The number of carbonyl (C=O) groups is 3. The van der Waals surface area contributed by atoms with Crippen LogP contribution < -0.4 is 15.4 Å². The molecule has 2 aromatic rings. The molecule has 9 nitrogen and oxygen atoms in total. The first-order chi connectivity index (χ1) is 15.7. The van der Waals surface area contributed by atoms with Crippen molar-refractivity contribution in [3.05, 3.63) is 46.4 Å². The van der Waals surface area contributed by atoms with E-state index in [-0.39, 0.29) is 23.7 Å². The standard InChI is InChI=1S/C22H28N4O5S2/c1-14(2)11-18(26-33(30,31)15-7-4-3-5-8-15)21(28)25-17-12-16-19(32-13-24-16)9-6-10-23-22(29)20(17)27/h3-5,7-8,13-14,17-18,26H,6,9-12H2,1-2H3,(H,23,29)(H,25,28). The van der Waals surface area contributed by atoms with Crippen molar-refractivity contribution in [3.8, 4) is 0 Å². The van der Waals surface area contributed by atoms with Crippen molar-refractivity contribution in [2.45, 2.75) is 56.5 Å². The van der Waals surface area contributed by atoms with E-state index in [0.29, 0.717) is 25.1 Å². The number of amides is 2. The summed E-state index contributed by atoms with van der Waals surface area (Å²) in [5.74, 6) is -2.22. The van der Waals surface area contributed by atoms with Gasteiger partial charge in [0.25, 0.3) is 5.91 Å². The number of sulfonamides is 1. The highest BCUT2D eigenvalue weighted by atomic mass is 32.2. The molecule has 2 unspecified atom stereocenters. The second kappa shape index (κ2) is 11.0. The molecular weight excluding hydrogens is 464 g/mol. The van der Waals surface area contributed by atoms with Crippen molar-refractivity contribution >= 4 is 39.0 Å². The topological polar surface area (TPSA) is 134 Å². The number of aryl methyl sites for hydroxylation is 1. The predicted octanol–water partition coefficient (Wildman–Crippen LogP) is 1.20. The van der Waals surface area contributed by atoms with E-state index in [1.165, 1.54) is 23.5 Å². The molecule has 1 aliphatic heterocycles. The number of thiazole rings is 1. The molecule has 2 amide bonds. The Labute approximate surface area is 197 Å². The number of rotatable bonds is 7. The number of carbonyl (C=O) groups excluding carboxylic acids is 3. The Bertz CT molecular complexity index is 1100. The van der Waals surface area contributed by atoms with Crippen LogP contribution in [0.3, 0.4) is 0 Å². The Hall–Kier alpha value is -2.63. The maximum absolute atomic E-state index is 13.2. The second-order valence-corrected chi connectivity index (χ2v) is 11.0. The van der Waals surface area contributed by atoms with Gasteiger partial charge >= 0.3 is 0 Å². The minimum atomic E-state index is -3.96. The van der Waals surface area contributed by atoms with Crippen LogP contribution in [0.5, 0.6) is 0 Å². The van der Waals surface area contributed by atoms with Gasteiger partial charge in [0.15, 0.2) is 0 Å². The zero-order chi connectivity index (χ0) is 24.0. The highest BCUT2D eigenvalue weighted by Gasteiger charge is 2.33. The molecule has 1 aromatic carbocycles. The van der Waals surface area contributed by atoms with Crippen molar-refractivity contribution in [2.75, 3.05) is 6.54 Å². The third kappa shape index (κ3) is 6.68. The van der Waals surface area contributed by atoms with E-state index in [2.05, 4.69) is 20.3 Å². The summed E-state index contributed by atoms with van der Waals surface area (Å²) in [5, 5.41) is 5.20. The molecule has 0 bridgehead atoms. The van der Waals surface area contributed by atoms with Gasteiger partial charge in [0, 0.05) is 17.8 Å². The molecular formula is C22H28N4O5S2. The Morgan fingerprint density at radius 1 is 1.24 bits per heavy atom. The van der Waals surface area contributed by atoms with E-state index in [4.69, 9.17) is 0 Å². The van der Waals surface area contributed by atoms with Gasteiger partial charge in [0.1, 0.15) is 12.1 Å². The summed E-state index contributed by atoms with van der Waals surface area (Å²) in [7, 11) is -3.96. The van der Waals surface area contributed by atoms with Crippen molar-refractivity contribution in [2.24, 2.45) is 5.92 Å². The van der Waals surface area contributed by atoms with E-state index in [0.717, 1.165) is 4.88 Å². The van der Waals surface area contributed by atoms with E-state index in [9.17, 15) is 22.8 Å². The highest BCUT2D eigenvalue weighted by molar-refractivity contribution is 7.89. The second-order valence-electron chi connectivity index (χ2n) is 8.33. The zero-order valence-electron chi connectivity index (χ0n) is 18.5. The summed E-state index contributed by atoms with van der Waals surface area (Å²) >= 11 is 1.47. The number of aromatic nitrogens is 1. The minimum Gasteiger partial charge on any atom is -0.349 e. The summed E-state index contributed by atoms with van der Waals surface area (Å²) in [6, 6.07) is 5.49. The van der Waals surface area contributed by atoms with Gasteiger partial charge in [0.2, 0.25) is 21.7 Å². The summed E-state index contributed by atoms with van der Waals surface area (Å²) in [6.07, 6.45) is 1.68. The third-order valence-corrected chi connectivity index (χ3v) is 7.64. The molecule has 3 N–H and O–H groups in total. The van der Waals surface area contributed by atoms with Crippen LogP contribution in [-0.2, 0) is 37.2 Å². The fourth-order valence-electron chi connectivity index (χ4n) is 3.57. The van der Waals surface area contributed by atoms with Gasteiger partial charge in [-0.1, -0.05) is 32.0 Å². The Kier molecular flexibility index (Phi) is 8.33. The predicted molar refractivity (Wildman–Crippen MR) is 124 cm³/mol. The highest BCUT2D eigenvalue weighted by Crippen LogP contribution is 2.19. The molecule has 3 rings (SSSR count). The number of nitrogens with one attached hydrogen (secondary N) is 3. The lowest BCUT2D eigenvalue weighted by molar-refractivity contribution is -0.140. The molecule has 0 spiro atoms. The zero-order valence-corrected chi connectivity index (χ0v) is 20.2. The van der Waals surface area contributed by atoms with Gasteiger partial charge in [0.05, 0.1) is 16.1 Å². The van der Waals surface area contributed by atoms with Gasteiger partial charge in [-0.25, -0.2) is 13.4 Å². The van der Waals surface area contributed by atoms with Crippen LogP contribution in [0, 0.1) is 5.92 Å². The van der Waals surface area contributed by atoms with Crippen molar-refractivity contribution < 1.29 is 22.8 Å². The van der Waals surface area contributed by atoms with E-state index in [1.807, 2.05) is 13.8 Å². The summed E-state index contributed by atoms with van der Waals surface area (Å²) in [4.78, 5) is 43.6. The molecule has 178 valence electrons. The normalized spacial score (nSPS) is 18.3. The average molecular weight is 493 g/mol. The first kappa shape index (κ1) is 25.0. The fourth-order valence-corrected chi connectivity index (χ4v) is 5.64. The van der Waals surface area contributed by atoms with Gasteiger partial charge in [-0.2, -0.15) is 4.72 Å². The Balaban J connectivity index is 1.83. The molecule has 1 aliphatic rings. The number of hydrogen-bond donors (Lipinski definition) is 3. The van der Waals surface area contributed by atoms with Gasteiger partial charge < -0.3 is 10.6 Å². The smallest absolute Gasteiger partial charge is 0.289 e. The monoisotopic (exact) mass is 492 g/mol. The maximum Gasteiger partial charge on any atom is 0.289 e. The van der Waals surface area contributed by atoms with Crippen LogP contribution in [0.15, 0.2) is 40.7 Å². The molecule has 0 radical (unpaired) electrons. The number of Topliss-reactive ketones (excluding diaryl/α,β-unsaturated/α-hetero) is 1. The van der Waals surface area contributed by atoms with Crippen molar-refractivity contribution in [3.63, 3.8) is 0 Å². The molecule has 11 heteroatoms. The molecule has 2 heterocycles. The number of fused-ring (bicyclic) bond motifs is 1. The largest absolute Gasteiger partial charge is 0.349 e. The Morgan fingerprint density at radius 2 is 1.97 bits per heavy atom. The molecule has 0 fully saturated rings. The van der Waals surface area contributed by atoms with Crippen molar-refractivity contribution in [1.82, 2.24) is 20.3 Å². The molecule has 2 atom stereocenters. The van der Waals surface area contributed by atoms with Crippen LogP contribution in [0.4, 0.5) is 0 Å². The van der Waals surface area contributed by atoms with Crippen LogP contribution >= 0.6 is 11.3 Å². The van der Waals surface area contributed by atoms with Crippen LogP contribution in [0.1, 0.15) is 37.3 Å². The lowest BCUT2D eigenvalue weighted by atomic mass is 10.0. The lowest BCUT2D eigenvalue weighted by Gasteiger charge is -2.24. The average Bonchev–Trinajstić information content (AvgIpc) is 3.21. The van der Waals surface area contributed by atoms with Gasteiger partial charge in [-0.3, -0.25) is 14.4 Å². The number of hydrogen-bond acceptors (Lipinski definition) is 7. The maximum atomic E-state index is 13.2. The number of ketones is 1. The van der Waals surface area contributed by atoms with Crippen LogP contribution in [0.25, 0.3) is 0 Å². The lowest BCUT2D eigenvalue weighted by Crippen LogP contribution is -2.55. The van der Waals surface area contributed by atoms with E-state index < -0.39 is 39.7 Å². The molecule has 0 aliphatic carbocycles. The molecule has 0 saturated carbocycles. The summed E-state index contributed by atoms with van der Waals surface area (Å²) in [6.45, 7) is 4.07. The summed E-state index contributed by atoms with van der Waals surface area (Å²) in [5.41, 5.74) is 2.34. The molecule has 0 saturated heterocycles. The quantitative estimate of drug-likeness (QED) is 0.497. The third-order valence-electron chi connectivity index (χ3n) is 5.22. The van der Waals surface area contributed by atoms with E-state index in [1.54, 1.807) is 23.7 Å². The minimum absolute atomic E-state index is 0.00703. The fraction of sp³-hybridized carbons (Fsp3) is 0.455. The Morgan fingerprint density at radius 3 is 2.67 bits per heavy atom. The molecule has 33 heavy (non-hydrogen) atoms. The van der Waals surface area contributed by atoms with Crippen molar-refractivity contribution in [1.29, 1.82) is 0 Å². The number of nitrogens with zero attached hydrogens (tertiary/aromatic N) is 1. The van der Waals surface area contributed by atoms with Gasteiger partial charge in [-0.05, 0) is 37.3 Å². The van der Waals surface area contributed by atoms with Gasteiger partial charge in [-0.15, -0.1) is 11.3 Å². The summed E-state index contributed by atoms with van der Waals surface area (Å²) < 4.78 is 28.1. The number of benzene rings is 1. The van der Waals surface area contributed by atoms with Crippen LogP contribution in [-0.4, -0.2) is 49.6 Å². The first-order valence-corrected chi connectivity index (χ1v) is 13.1. The first-order valence-electron chi connectivity index (χ1n) is 10.8.